The Morgan fingerprint density at radius 1 is 1.25 bits per heavy atom. The van der Waals surface area contributed by atoms with Crippen molar-refractivity contribution in [3.8, 4) is 0 Å². The summed E-state index contributed by atoms with van der Waals surface area (Å²) < 4.78 is 2.09. The van der Waals surface area contributed by atoms with Gasteiger partial charge >= 0.3 is 0 Å². The molecule has 2 aromatic rings. The zero-order valence-electron chi connectivity index (χ0n) is 9.23. The molecule has 0 aliphatic carbocycles. The van der Waals surface area contributed by atoms with Crippen LogP contribution in [0.3, 0.4) is 0 Å². The summed E-state index contributed by atoms with van der Waals surface area (Å²) in [7, 11) is 0. The summed E-state index contributed by atoms with van der Waals surface area (Å²) in [5.74, 6) is 1.00. The number of halogens is 1. The molecule has 1 aromatic heterocycles. The van der Waals surface area contributed by atoms with Crippen molar-refractivity contribution >= 4 is 11.6 Å². The Hall–Kier alpha value is -1.35. The number of hydrogen-bond acceptors (Lipinski definition) is 2. The highest BCUT2D eigenvalue weighted by Gasteiger charge is 2.04. The Bertz CT molecular complexity index is 448. The topological polar surface area (TPSA) is 30.7 Å². The number of hydrogen-bond donors (Lipinski definition) is 0. The van der Waals surface area contributed by atoms with Gasteiger partial charge in [-0.2, -0.15) is 0 Å². The summed E-state index contributed by atoms with van der Waals surface area (Å²) in [4.78, 5) is 0. The molecule has 4 heteroatoms. The van der Waals surface area contributed by atoms with Gasteiger partial charge in [0.15, 0.2) is 0 Å². The van der Waals surface area contributed by atoms with Gasteiger partial charge in [-0.25, -0.2) is 0 Å². The van der Waals surface area contributed by atoms with Crippen molar-refractivity contribution in [2.45, 2.75) is 26.3 Å². The minimum Gasteiger partial charge on any atom is -0.317 e. The molecule has 84 valence electrons. The zero-order valence-corrected chi connectivity index (χ0v) is 9.98. The Balaban J connectivity index is 2.13. The average Bonchev–Trinajstić information content (AvgIpc) is 2.70. The van der Waals surface area contributed by atoms with E-state index < -0.39 is 0 Å². The second-order valence-electron chi connectivity index (χ2n) is 3.74. The zero-order chi connectivity index (χ0) is 11.4. The number of nitrogens with zero attached hydrogens (tertiary/aromatic N) is 3. The largest absolute Gasteiger partial charge is 0.317 e. The summed E-state index contributed by atoms with van der Waals surface area (Å²) >= 11 is 5.84. The summed E-state index contributed by atoms with van der Waals surface area (Å²) in [5.41, 5.74) is 1.20. The van der Waals surface area contributed by atoms with E-state index in [2.05, 4.69) is 21.7 Å². The third-order valence-electron chi connectivity index (χ3n) is 2.44. The first-order chi connectivity index (χ1) is 7.79. The highest BCUT2D eigenvalue weighted by Crippen LogP contribution is 2.12. The van der Waals surface area contributed by atoms with Crippen LogP contribution in [0.15, 0.2) is 30.6 Å². The third kappa shape index (κ3) is 2.61. The van der Waals surface area contributed by atoms with Crippen molar-refractivity contribution in [1.82, 2.24) is 14.8 Å². The molecule has 0 radical (unpaired) electrons. The van der Waals surface area contributed by atoms with Crippen LogP contribution >= 0.6 is 11.6 Å². The monoisotopic (exact) mass is 235 g/mol. The maximum absolute atomic E-state index is 5.84. The van der Waals surface area contributed by atoms with Crippen LogP contribution in [0.5, 0.6) is 0 Å². The minimum absolute atomic E-state index is 0.763. The summed E-state index contributed by atoms with van der Waals surface area (Å²) in [6.07, 6.45) is 3.68. The molecule has 0 fully saturated rings. The molecule has 2 rings (SSSR count). The van der Waals surface area contributed by atoms with Crippen LogP contribution in [0.4, 0.5) is 0 Å². The lowest BCUT2D eigenvalue weighted by Gasteiger charge is -2.04. The average molecular weight is 236 g/mol. The lowest BCUT2D eigenvalue weighted by atomic mass is 10.1. The van der Waals surface area contributed by atoms with Crippen molar-refractivity contribution in [2.24, 2.45) is 0 Å². The normalized spacial score (nSPS) is 10.6. The van der Waals surface area contributed by atoms with E-state index >= 15 is 0 Å². The van der Waals surface area contributed by atoms with Crippen molar-refractivity contribution in [3.63, 3.8) is 0 Å². The first-order valence-corrected chi connectivity index (χ1v) is 5.78. The molecule has 0 saturated carbocycles. The summed E-state index contributed by atoms with van der Waals surface area (Å²) in [5, 5.41) is 8.84. The van der Waals surface area contributed by atoms with Crippen LogP contribution in [0.1, 0.15) is 24.7 Å². The standard InChI is InChI=1S/C12H14ClN3/c1-2-7-16-9-14-15-12(16)8-10-3-5-11(13)6-4-10/h3-6,9H,2,7-8H2,1H3. The van der Waals surface area contributed by atoms with E-state index in [0.717, 1.165) is 30.2 Å². The van der Waals surface area contributed by atoms with Gasteiger partial charge in [0.25, 0.3) is 0 Å². The van der Waals surface area contributed by atoms with E-state index in [1.807, 2.05) is 24.3 Å². The SMILES string of the molecule is CCCn1cnnc1Cc1ccc(Cl)cc1. The van der Waals surface area contributed by atoms with Gasteiger partial charge in [-0.15, -0.1) is 10.2 Å². The van der Waals surface area contributed by atoms with Crippen molar-refractivity contribution in [2.75, 3.05) is 0 Å². The molecule has 3 nitrogen and oxygen atoms in total. The van der Waals surface area contributed by atoms with E-state index in [1.165, 1.54) is 5.56 Å². The van der Waals surface area contributed by atoms with Crippen LogP contribution < -0.4 is 0 Å². The molecule has 1 aromatic carbocycles. The van der Waals surface area contributed by atoms with E-state index in [1.54, 1.807) is 6.33 Å². The summed E-state index contributed by atoms with van der Waals surface area (Å²) in [6, 6.07) is 7.84. The molecule has 16 heavy (non-hydrogen) atoms. The molecule has 0 spiro atoms. The number of aryl methyl sites for hydroxylation is 1. The van der Waals surface area contributed by atoms with Crippen LogP contribution in [-0.4, -0.2) is 14.8 Å². The molecular formula is C12H14ClN3. The Morgan fingerprint density at radius 2 is 2.00 bits per heavy atom. The van der Waals surface area contributed by atoms with Gasteiger partial charge in [-0.05, 0) is 24.1 Å². The first-order valence-electron chi connectivity index (χ1n) is 5.40. The van der Waals surface area contributed by atoms with Gasteiger partial charge in [-0.3, -0.25) is 0 Å². The molecular weight excluding hydrogens is 222 g/mol. The lowest BCUT2D eigenvalue weighted by Crippen LogP contribution is -2.03. The molecule has 1 heterocycles. The van der Waals surface area contributed by atoms with Crippen LogP contribution in [0.2, 0.25) is 5.02 Å². The van der Waals surface area contributed by atoms with Crippen molar-refractivity contribution < 1.29 is 0 Å². The molecule has 0 bridgehead atoms. The second kappa shape index (κ2) is 5.12. The highest BCUT2D eigenvalue weighted by atomic mass is 35.5. The van der Waals surface area contributed by atoms with Gasteiger partial charge in [0.1, 0.15) is 12.2 Å². The molecule has 0 atom stereocenters. The summed E-state index contributed by atoms with van der Waals surface area (Å²) in [6.45, 7) is 3.11. The quantitative estimate of drug-likeness (QED) is 0.816. The fourth-order valence-electron chi connectivity index (χ4n) is 1.63. The third-order valence-corrected chi connectivity index (χ3v) is 2.69. The van der Waals surface area contributed by atoms with Gasteiger partial charge in [0.05, 0.1) is 0 Å². The molecule has 0 saturated heterocycles. The second-order valence-corrected chi connectivity index (χ2v) is 4.18. The van der Waals surface area contributed by atoms with Gasteiger partial charge < -0.3 is 4.57 Å². The number of rotatable bonds is 4. The smallest absolute Gasteiger partial charge is 0.137 e. The van der Waals surface area contributed by atoms with E-state index in [0.29, 0.717) is 0 Å². The van der Waals surface area contributed by atoms with E-state index in [9.17, 15) is 0 Å². The number of aromatic nitrogens is 3. The fourth-order valence-corrected chi connectivity index (χ4v) is 1.75. The molecule has 0 N–H and O–H groups in total. The Morgan fingerprint density at radius 3 is 2.69 bits per heavy atom. The van der Waals surface area contributed by atoms with Crippen molar-refractivity contribution in [1.29, 1.82) is 0 Å². The molecule has 0 aliphatic rings. The lowest BCUT2D eigenvalue weighted by molar-refractivity contribution is 0.646. The molecule has 0 unspecified atom stereocenters. The predicted molar refractivity (Wildman–Crippen MR) is 64.6 cm³/mol. The van der Waals surface area contributed by atoms with Crippen LogP contribution in [-0.2, 0) is 13.0 Å². The Kier molecular flexibility index (Phi) is 3.57. The van der Waals surface area contributed by atoms with Gasteiger partial charge in [0, 0.05) is 18.0 Å². The highest BCUT2D eigenvalue weighted by molar-refractivity contribution is 6.30. The number of benzene rings is 1. The fraction of sp³-hybridized carbons (Fsp3) is 0.333. The van der Waals surface area contributed by atoms with Gasteiger partial charge in [-0.1, -0.05) is 30.7 Å². The molecule has 0 aliphatic heterocycles. The van der Waals surface area contributed by atoms with E-state index in [4.69, 9.17) is 11.6 Å². The minimum atomic E-state index is 0.763. The molecule has 0 amide bonds. The first kappa shape index (κ1) is 11.1. The van der Waals surface area contributed by atoms with Crippen LogP contribution in [0.25, 0.3) is 0 Å². The Labute approximate surface area is 100 Å². The maximum atomic E-state index is 5.84. The van der Waals surface area contributed by atoms with Crippen LogP contribution in [0, 0.1) is 0 Å². The predicted octanol–water partition coefficient (Wildman–Crippen LogP) is 2.93. The van der Waals surface area contributed by atoms with Crippen molar-refractivity contribution in [3.05, 3.63) is 47.0 Å². The van der Waals surface area contributed by atoms with E-state index in [-0.39, 0.29) is 0 Å². The van der Waals surface area contributed by atoms with Gasteiger partial charge in [0.2, 0.25) is 0 Å². The maximum Gasteiger partial charge on any atom is 0.137 e.